The molecule has 0 amide bonds. The number of anilines is 4. The van der Waals surface area contributed by atoms with Gasteiger partial charge in [-0.2, -0.15) is 0 Å². The summed E-state index contributed by atoms with van der Waals surface area (Å²) < 4.78 is 12.7. The van der Waals surface area contributed by atoms with Gasteiger partial charge in [-0.3, -0.25) is 0 Å². The van der Waals surface area contributed by atoms with Gasteiger partial charge in [0.05, 0.1) is 11.4 Å². The van der Waals surface area contributed by atoms with Gasteiger partial charge in [0.1, 0.15) is 11.2 Å². The number of rotatable bonds is 4. The first-order valence-corrected chi connectivity index (χ1v) is 14.6. The molecule has 9 rings (SSSR count). The number of benzene rings is 6. The second kappa shape index (κ2) is 9.40. The van der Waals surface area contributed by atoms with Crippen LogP contribution in [-0.2, 0) is 0 Å². The van der Waals surface area contributed by atoms with E-state index in [1.807, 2.05) is 18.2 Å². The average Bonchev–Trinajstić information content (AvgIpc) is 3.64. The highest BCUT2D eigenvalue weighted by molar-refractivity contribution is 6.10. The molecule has 0 radical (unpaired) electrons. The highest BCUT2D eigenvalue weighted by Gasteiger charge is 2.22. The lowest BCUT2D eigenvalue weighted by atomic mass is 10.0. The Kier molecular flexibility index (Phi) is 5.23. The Morgan fingerprint density at radius 2 is 1.33 bits per heavy atom. The highest BCUT2D eigenvalue weighted by Crippen LogP contribution is 2.44. The van der Waals surface area contributed by atoms with Gasteiger partial charge < -0.3 is 19.1 Å². The fourth-order valence-corrected chi connectivity index (χ4v) is 6.38. The first-order chi connectivity index (χ1) is 21.3. The average molecular weight is 555 g/mol. The van der Waals surface area contributed by atoms with Crippen LogP contribution in [0.25, 0.3) is 60.9 Å². The van der Waals surface area contributed by atoms with Crippen LogP contribution < -0.4 is 10.2 Å². The van der Waals surface area contributed by atoms with Gasteiger partial charge in [-0.15, -0.1) is 0 Å². The molecular weight excluding hydrogens is 528 g/mol. The largest absolute Gasteiger partial charge is 0.454 e. The zero-order valence-electron chi connectivity index (χ0n) is 23.2. The van der Waals surface area contributed by atoms with Crippen LogP contribution in [0.5, 0.6) is 0 Å². The van der Waals surface area contributed by atoms with Crippen molar-refractivity contribution in [3.05, 3.63) is 139 Å². The molecular formula is C39H26N2O2. The van der Waals surface area contributed by atoms with Crippen molar-refractivity contribution in [2.45, 2.75) is 0 Å². The second-order valence-corrected chi connectivity index (χ2v) is 11.0. The summed E-state index contributed by atoms with van der Waals surface area (Å²) in [4.78, 5) is 2.28. The summed E-state index contributed by atoms with van der Waals surface area (Å²) in [5.41, 5.74) is 9.06. The third kappa shape index (κ3) is 3.84. The maximum atomic E-state index is 6.52. The lowest BCUT2D eigenvalue weighted by molar-refractivity contribution is 0.604. The molecule has 0 saturated carbocycles. The van der Waals surface area contributed by atoms with E-state index in [1.54, 1.807) is 0 Å². The SMILES string of the molecule is C1=Cc2oc3ccc(N(c4ccc(-c5ccc6ccccc6c5)cc4)c4cccc5c4oc4ccccc45)cc3c2NC1. The Labute approximate surface area is 248 Å². The minimum Gasteiger partial charge on any atom is -0.454 e. The molecule has 0 fully saturated rings. The van der Waals surface area contributed by atoms with E-state index in [0.29, 0.717) is 0 Å². The molecule has 0 unspecified atom stereocenters. The summed E-state index contributed by atoms with van der Waals surface area (Å²) in [6.45, 7) is 0.782. The van der Waals surface area contributed by atoms with Crippen molar-refractivity contribution in [2.24, 2.45) is 0 Å². The van der Waals surface area contributed by atoms with Crippen molar-refractivity contribution in [3.63, 3.8) is 0 Å². The topological polar surface area (TPSA) is 41.6 Å². The number of nitrogens with zero attached hydrogens (tertiary/aromatic N) is 1. The van der Waals surface area contributed by atoms with E-state index in [1.165, 1.54) is 21.9 Å². The van der Waals surface area contributed by atoms with Crippen molar-refractivity contribution in [1.82, 2.24) is 0 Å². The molecule has 0 aliphatic carbocycles. The van der Waals surface area contributed by atoms with Gasteiger partial charge >= 0.3 is 0 Å². The van der Waals surface area contributed by atoms with E-state index in [4.69, 9.17) is 8.83 Å². The molecule has 8 aromatic rings. The molecule has 1 aliphatic heterocycles. The minimum atomic E-state index is 0.782. The Hall–Kier alpha value is -5.74. The van der Waals surface area contributed by atoms with Crippen molar-refractivity contribution >= 4 is 72.5 Å². The first kappa shape index (κ1) is 23.9. The van der Waals surface area contributed by atoms with Gasteiger partial charge in [-0.05, 0) is 76.5 Å². The van der Waals surface area contributed by atoms with Gasteiger partial charge in [0, 0.05) is 34.1 Å². The molecule has 0 bridgehead atoms. The van der Waals surface area contributed by atoms with E-state index in [2.05, 4.69) is 132 Å². The fraction of sp³-hybridized carbons (Fsp3) is 0.0256. The molecule has 1 aliphatic rings. The van der Waals surface area contributed by atoms with Gasteiger partial charge in [-0.25, -0.2) is 0 Å². The Morgan fingerprint density at radius 1 is 0.558 bits per heavy atom. The zero-order chi connectivity index (χ0) is 28.3. The van der Waals surface area contributed by atoms with Crippen LogP contribution in [0.1, 0.15) is 5.76 Å². The lowest BCUT2D eigenvalue weighted by Crippen LogP contribution is -2.10. The summed E-state index contributed by atoms with van der Waals surface area (Å²) in [5.74, 6) is 0.865. The molecule has 2 aromatic heterocycles. The molecule has 6 aromatic carbocycles. The number of hydrogen-bond acceptors (Lipinski definition) is 4. The van der Waals surface area contributed by atoms with Gasteiger partial charge in [0.25, 0.3) is 0 Å². The van der Waals surface area contributed by atoms with Crippen molar-refractivity contribution in [1.29, 1.82) is 0 Å². The summed E-state index contributed by atoms with van der Waals surface area (Å²) >= 11 is 0. The van der Waals surface area contributed by atoms with E-state index < -0.39 is 0 Å². The van der Waals surface area contributed by atoms with Crippen LogP contribution >= 0.6 is 0 Å². The monoisotopic (exact) mass is 554 g/mol. The van der Waals surface area contributed by atoms with E-state index in [0.717, 1.165) is 68.0 Å². The summed E-state index contributed by atoms with van der Waals surface area (Å²) in [6, 6.07) is 45.0. The standard InChI is InChI=1S/C39H26N2O2/c1-2-8-27-23-28(15-14-25(27)7-1)26-16-18-29(19-17-26)41(30-20-21-36-33(24-30)38-37(42-36)13-6-22-40-38)34-11-5-10-32-31-9-3-4-12-35(31)43-39(32)34/h1-21,23-24,40H,22H2. The summed E-state index contributed by atoms with van der Waals surface area (Å²) in [6.07, 6.45) is 4.13. The lowest BCUT2D eigenvalue weighted by Gasteiger charge is -2.26. The Bertz CT molecular complexity index is 2360. The van der Waals surface area contributed by atoms with E-state index in [9.17, 15) is 0 Å². The molecule has 4 nitrogen and oxygen atoms in total. The molecule has 0 spiro atoms. The predicted octanol–water partition coefficient (Wildman–Crippen LogP) is 11.1. The third-order valence-electron chi connectivity index (χ3n) is 8.46. The molecule has 1 N–H and O–H groups in total. The van der Waals surface area contributed by atoms with Crippen molar-refractivity contribution in [2.75, 3.05) is 16.8 Å². The number of furan rings is 2. The second-order valence-electron chi connectivity index (χ2n) is 11.0. The van der Waals surface area contributed by atoms with Gasteiger partial charge in [0.2, 0.25) is 0 Å². The normalized spacial score (nSPS) is 12.7. The van der Waals surface area contributed by atoms with Crippen LogP contribution in [0.4, 0.5) is 22.7 Å². The predicted molar refractivity (Wildman–Crippen MR) is 179 cm³/mol. The highest BCUT2D eigenvalue weighted by atomic mass is 16.3. The smallest absolute Gasteiger partial charge is 0.159 e. The number of fused-ring (bicyclic) bond motifs is 7. The van der Waals surface area contributed by atoms with Crippen LogP contribution in [0, 0.1) is 0 Å². The third-order valence-corrected chi connectivity index (χ3v) is 8.46. The molecule has 43 heavy (non-hydrogen) atoms. The Morgan fingerprint density at radius 3 is 2.26 bits per heavy atom. The first-order valence-electron chi connectivity index (χ1n) is 14.6. The molecule has 3 heterocycles. The molecule has 4 heteroatoms. The van der Waals surface area contributed by atoms with E-state index in [-0.39, 0.29) is 0 Å². The summed E-state index contributed by atoms with van der Waals surface area (Å²) in [5, 5.41) is 9.25. The van der Waals surface area contributed by atoms with Crippen molar-refractivity contribution < 1.29 is 8.83 Å². The van der Waals surface area contributed by atoms with Crippen molar-refractivity contribution in [3.8, 4) is 11.1 Å². The van der Waals surface area contributed by atoms with Gasteiger partial charge in [0.15, 0.2) is 11.3 Å². The van der Waals surface area contributed by atoms with E-state index >= 15 is 0 Å². The van der Waals surface area contributed by atoms with Crippen LogP contribution in [0.3, 0.4) is 0 Å². The fourth-order valence-electron chi connectivity index (χ4n) is 6.38. The minimum absolute atomic E-state index is 0.782. The number of para-hydroxylation sites is 2. The molecule has 204 valence electrons. The maximum Gasteiger partial charge on any atom is 0.159 e. The molecule has 0 saturated heterocycles. The number of hydrogen-bond donors (Lipinski definition) is 1. The Balaban J connectivity index is 1.23. The zero-order valence-corrected chi connectivity index (χ0v) is 23.2. The molecule has 0 atom stereocenters. The maximum absolute atomic E-state index is 6.52. The van der Waals surface area contributed by atoms with Crippen LogP contribution in [-0.4, -0.2) is 6.54 Å². The van der Waals surface area contributed by atoms with Crippen LogP contribution in [0.2, 0.25) is 0 Å². The summed E-state index contributed by atoms with van der Waals surface area (Å²) in [7, 11) is 0. The number of nitrogens with one attached hydrogen (secondary N) is 1. The quantitative estimate of drug-likeness (QED) is 0.235. The van der Waals surface area contributed by atoms with Gasteiger partial charge in [-0.1, -0.05) is 84.9 Å². The van der Waals surface area contributed by atoms with Crippen LogP contribution in [0.15, 0.2) is 142 Å².